The highest BCUT2D eigenvalue weighted by molar-refractivity contribution is 6.01. The van der Waals surface area contributed by atoms with Crippen LogP contribution in [0.4, 0.5) is 5.82 Å². The van der Waals surface area contributed by atoms with Crippen molar-refractivity contribution in [2.24, 2.45) is 5.73 Å². The molecule has 0 unspecified atom stereocenters. The van der Waals surface area contributed by atoms with Crippen LogP contribution in [0.15, 0.2) is 12.3 Å². The fourth-order valence-electron chi connectivity index (χ4n) is 2.19. The number of hydrogen-bond donors (Lipinski definition) is 3. The Balaban J connectivity index is 2.32. The number of aromatic nitrogens is 1. The molecule has 92 valence electrons. The number of anilines is 1. The van der Waals surface area contributed by atoms with Crippen molar-refractivity contribution in [2.75, 3.05) is 18.0 Å². The lowest BCUT2D eigenvalue weighted by Crippen LogP contribution is -2.37. The summed E-state index contributed by atoms with van der Waals surface area (Å²) in [5.74, 6) is 0.820. The number of piperidine rings is 1. The van der Waals surface area contributed by atoms with Crippen molar-refractivity contribution >= 4 is 11.7 Å². The fraction of sp³-hybridized carbons (Fsp3) is 0.500. The molecular weight excluding hydrogens is 216 g/mol. The molecule has 4 N–H and O–H groups in total. The molecule has 1 aromatic heterocycles. The van der Waals surface area contributed by atoms with Gasteiger partial charge in [0, 0.05) is 19.3 Å². The Morgan fingerprint density at radius 3 is 2.76 bits per heavy atom. The Hall–Kier alpha value is -1.62. The maximum Gasteiger partial charge on any atom is 0.139 e. The smallest absolute Gasteiger partial charge is 0.139 e. The van der Waals surface area contributed by atoms with Gasteiger partial charge in [-0.2, -0.15) is 0 Å². The maximum absolute atomic E-state index is 9.49. The largest absolute Gasteiger partial charge is 0.393 e. The number of amidine groups is 1. The van der Waals surface area contributed by atoms with Crippen molar-refractivity contribution in [2.45, 2.75) is 25.9 Å². The number of nitrogen functional groups attached to an aromatic ring is 1. The molecule has 0 aromatic carbocycles. The molecule has 0 amide bonds. The van der Waals surface area contributed by atoms with Gasteiger partial charge in [-0.1, -0.05) is 0 Å². The zero-order valence-electron chi connectivity index (χ0n) is 9.98. The first kappa shape index (κ1) is 11.9. The predicted molar refractivity (Wildman–Crippen MR) is 67.4 cm³/mol. The van der Waals surface area contributed by atoms with Gasteiger partial charge < -0.3 is 15.7 Å². The van der Waals surface area contributed by atoms with E-state index in [2.05, 4.69) is 9.88 Å². The van der Waals surface area contributed by atoms with Gasteiger partial charge in [-0.05, 0) is 31.4 Å². The lowest BCUT2D eigenvalue weighted by atomic mass is 10.1. The first-order valence-corrected chi connectivity index (χ1v) is 5.82. The summed E-state index contributed by atoms with van der Waals surface area (Å²) in [6.07, 6.45) is 3.01. The average Bonchev–Trinajstić information content (AvgIpc) is 2.29. The predicted octanol–water partition coefficient (Wildman–Crippen LogP) is 0.635. The highest BCUT2D eigenvalue weighted by Crippen LogP contribution is 2.23. The number of nitrogens with zero attached hydrogens (tertiary/aromatic N) is 2. The molecular formula is C12H18N4O. The zero-order valence-corrected chi connectivity index (χ0v) is 9.98. The van der Waals surface area contributed by atoms with E-state index in [4.69, 9.17) is 11.1 Å². The van der Waals surface area contributed by atoms with Gasteiger partial charge >= 0.3 is 0 Å². The van der Waals surface area contributed by atoms with E-state index in [9.17, 15) is 5.11 Å². The minimum Gasteiger partial charge on any atom is -0.393 e. The summed E-state index contributed by atoms with van der Waals surface area (Å²) in [5.41, 5.74) is 7.29. The Kier molecular flexibility index (Phi) is 3.28. The van der Waals surface area contributed by atoms with E-state index in [1.807, 2.05) is 13.0 Å². The van der Waals surface area contributed by atoms with Crippen LogP contribution in [0.5, 0.6) is 0 Å². The molecule has 17 heavy (non-hydrogen) atoms. The Morgan fingerprint density at radius 2 is 2.18 bits per heavy atom. The number of hydrogen-bond acceptors (Lipinski definition) is 4. The van der Waals surface area contributed by atoms with Gasteiger partial charge in [0.05, 0.1) is 11.7 Å². The lowest BCUT2D eigenvalue weighted by Gasteiger charge is -2.32. The van der Waals surface area contributed by atoms with E-state index in [1.54, 1.807) is 6.20 Å². The van der Waals surface area contributed by atoms with Gasteiger partial charge in [0.15, 0.2) is 0 Å². The van der Waals surface area contributed by atoms with Gasteiger partial charge in [0.1, 0.15) is 11.7 Å². The molecule has 2 heterocycles. The summed E-state index contributed by atoms with van der Waals surface area (Å²) >= 11 is 0. The van der Waals surface area contributed by atoms with Crippen LogP contribution < -0.4 is 10.6 Å². The van der Waals surface area contributed by atoms with Crippen molar-refractivity contribution in [1.29, 1.82) is 5.41 Å². The van der Waals surface area contributed by atoms with E-state index in [1.165, 1.54) is 0 Å². The molecule has 1 fully saturated rings. The number of pyridine rings is 1. The second-order valence-corrected chi connectivity index (χ2v) is 4.46. The minimum absolute atomic E-state index is 0.0525. The molecule has 0 spiro atoms. The normalized spacial score (nSPS) is 17.2. The van der Waals surface area contributed by atoms with Crippen molar-refractivity contribution in [3.8, 4) is 0 Å². The van der Waals surface area contributed by atoms with E-state index in [-0.39, 0.29) is 11.9 Å². The molecule has 1 aromatic rings. The zero-order chi connectivity index (χ0) is 12.4. The lowest BCUT2D eigenvalue weighted by molar-refractivity contribution is 0.145. The SMILES string of the molecule is Cc1ccnc(N2CCC(O)CC2)c1C(=N)N. The topological polar surface area (TPSA) is 86.2 Å². The van der Waals surface area contributed by atoms with Crippen LogP contribution >= 0.6 is 0 Å². The molecule has 1 saturated heterocycles. The molecule has 0 saturated carbocycles. The molecule has 0 aliphatic carbocycles. The van der Waals surface area contributed by atoms with Crippen molar-refractivity contribution in [1.82, 2.24) is 4.98 Å². The summed E-state index contributed by atoms with van der Waals surface area (Å²) < 4.78 is 0. The average molecular weight is 234 g/mol. The number of nitrogens with two attached hydrogens (primary N) is 1. The standard InChI is InChI=1S/C12H18N4O/c1-8-2-5-15-12(10(8)11(13)14)16-6-3-9(17)4-7-16/h2,5,9,17H,3-4,6-7H2,1H3,(H3,13,14). The third-order valence-corrected chi connectivity index (χ3v) is 3.17. The van der Waals surface area contributed by atoms with E-state index < -0.39 is 0 Å². The fourth-order valence-corrected chi connectivity index (χ4v) is 2.19. The summed E-state index contributed by atoms with van der Waals surface area (Å²) in [5, 5.41) is 17.1. The van der Waals surface area contributed by atoms with Crippen LogP contribution in [-0.2, 0) is 0 Å². The van der Waals surface area contributed by atoms with Crippen molar-refractivity contribution in [3.63, 3.8) is 0 Å². The molecule has 2 rings (SSSR count). The second kappa shape index (κ2) is 4.71. The van der Waals surface area contributed by atoms with Crippen LogP contribution in [0.25, 0.3) is 0 Å². The molecule has 0 atom stereocenters. The van der Waals surface area contributed by atoms with E-state index in [0.29, 0.717) is 5.56 Å². The van der Waals surface area contributed by atoms with E-state index >= 15 is 0 Å². The van der Waals surface area contributed by atoms with Crippen LogP contribution in [0.3, 0.4) is 0 Å². The first-order chi connectivity index (χ1) is 8.09. The van der Waals surface area contributed by atoms with Gasteiger partial charge in [-0.25, -0.2) is 4.98 Å². The number of aliphatic hydroxyl groups excluding tert-OH is 1. The van der Waals surface area contributed by atoms with Gasteiger partial charge in [-0.15, -0.1) is 0 Å². The summed E-state index contributed by atoms with van der Waals surface area (Å²) in [7, 11) is 0. The van der Waals surface area contributed by atoms with Crippen molar-refractivity contribution in [3.05, 3.63) is 23.4 Å². The second-order valence-electron chi connectivity index (χ2n) is 4.46. The molecule has 0 bridgehead atoms. The highest BCUT2D eigenvalue weighted by Gasteiger charge is 2.21. The van der Waals surface area contributed by atoms with Gasteiger partial charge in [-0.3, -0.25) is 5.41 Å². The highest BCUT2D eigenvalue weighted by atomic mass is 16.3. The molecule has 0 radical (unpaired) electrons. The minimum atomic E-state index is -0.211. The third kappa shape index (κ3) is 2.39. The van der Waals surface area contributed by atoms with Crippen molar-refractivity contribution < 1.29 is 5.11 Å². The van der Waals surface area contributed by atoms with Crippen LogP contribution in [0, 0.1) is 12.3 Å². The summed E-state index contributed by atoms with van der Waals surface area (Å²) in [6, 6.07) is 1.86. The number of aryl methyl sites for hydroxylation is 1. The third-order valence-electron chi connectivity index (χ3n) is 3.17. The van der Waals surface area contributed by atoms with Gasteiger partial charge in [0.25, 0.3) is 0 Å². The van der Waals surface area contributed by atoms with E-state index in [0.717, 1.165) is 37.3 Å². The summed E-state index contributed by atoms with van der Waals surface area (Å²) in [4.78, 5) is 6.43. The number of rotatable bonds is 2. The molecule has 5 heteroatoms. The maximum atomic E-state index is 9.49. The number of aliphatic hydroxyl groups is 1. The summed E-state index contributed by atoms with van der Waals surface area (Å²) in [6.45, 7) is 3.45. The Labute approximate surface area is 101 Å². The van der Waals surface area contributed by atoms with Gasteiger partial charge in [0.2, 0.25) is 0 Å². The van der Waals surface area contributed by atoms with Crippen LogP contribution in [0.2, 0.25) is 0 Å². The van der Waals surface area contributed by atoms with Crippen LogP contribution in [-0.4, -0.2) is 35.1 Å². The molecule has 1 aliphatic heterocycles. The number of nitrogens with one attached hydrogen (secondary N) is 1. The molecule has 1 aliphatic rings. The van der Waals surface area contributed by atoms with Crippen LogP contribution in [0.1, 0.15) is 24.0 Å². The molecule has 5 nitrogen and oxygen atoms in total. The monoisotopic (exact) mass is 234 g/mol. The Morgan fingerprint density at radius 1 is 1.53 bits per heavy atom. The quantitative estimate of drug-likeness (QED) is 0.517. The first-order valence-electron chi connectivity index (χ1n) is 5.82. The Bertz CT molecular complexity index is 425.